The fourth-order valence-electron chi connectivity index (χ4n) is 1.71. The predicted octanol–water partition coefficient (Wildman–Crippen LogP) is 4.18. The van der Waals surface area contributed by atoms with Crippen molar-refractivity contribution in [2.45, 2.75) is 51.9 Å². The first-order chi connectivity index (χ1) is 7.16. The zero-order valence-corrected chi connectivity index (χ0v) is 10.0. The van der Waals surface area contributed by atoms with E-state index in [1.54, 1.807) is 6.08 Å². The lowest BCUT2D eigenvalue weighted by Gasteiger charge is -2.24. The van der Waals surface area contributed by atoms with Crippen LogP contribution < -0.4 is 0 Å². The zero-order chi connectivity index (χ0) is 11.3. The number of aromatic nitrogens is 1. The monoisotopic (exact) mass is 207 g/mol. The van der Waals surface area contributed by atoms with Gasteiger partial charge in [-0.1, -0.05) is 45.3 Å². The van der Waals surface area contributed by atoms with Gasteiger partial charge in [0.25, 0.3) is 0 Å². The molecule has 0 aliphatic heterocycles. The quantitative estimate of drug-likeness (QED) is 0.699. The summed E-state index contributed by atoms with van der Waals surface area (Å²) in [5.41, 5.74) is 0.964. The van der Waals surface area contributed by atoms with E-state index in [0.717, 1.165) is 24.3 Å². The van der Waals surface area contributed by atoms with Crippen LogP contribution >= 0.6 is 0 Å². The minimum Gasteiger partial charge on any atom is -0.360 e. The number of nitrogens with zero attached hydrogens (tertiary/aromatic N) is 1. The second-order valence-electron chi connectivity index (χ2n) is 4.34. The van der Waals surface area contributed by atoms with Gasteiger partial charge in [0.2, 0.25) is 0 Å². The number of hydrogen-bond donors (Lipinski definition) is 0. The molecule has 1 aromatic rings. The molecule has 0 bridgehead atoms. The molecule has 0 amide bonds. The van der Waals surface area contributed by atoms with E-state index >= 15 is 0 Å². The molecular weight excluding hydrogens is 186 g/mol. The first kappa shape index (κ1) is 12.0. The Bertz CT molecular complexity index is 316. The molecule has 0 aliphatic carbocycles. The Hall–Kier alpha value is -1.05. The van der Waals surface area contributed by atoms with Gasteiger partial charge in [0.05, 0.1) is 0 Å². The number of unbranched alkanes of at least 4 members (excludes halogenated alkanes) is 1. The fourth-order valence-corrected chi connectivity index (χ4v) is 1.71. The van der Waals surface area contributed by atoms with Crippen molar-refractivity contribution in [1.29, 1.82) is 0 Å². The van der Waals surface area contributed by atoms with Crippen molar-refractivity contribution in [3.8, 4) is 0 Å². The molecule has 84 valence electrons. The minimum absolute atomic E-state index is 0.129. The molecule has 15 heavy (non-hydrogen) atoms. The number of rotatable bonds is 6. The zero-order valence-electron chi connectivity index (χ0n) is 10.0. The molecule has 1 heterocycles. The largest absolute Gasteiger partial charge is 0.360 e. The summed E-state index contributed by atoms with van der Waals surface area (Å²) < 4.78 is 5.39. The van der Waals surface area contributed by atoms with Crippen molar-refractivity contribution < 1.29 is 4.52 Å². The van der Waals surface area contributed by atoms with Gasteiger partial charge in [0.1, 0.15) is 11.5 Å². The standard InChI is InChI=1S/C13H21NO/c1-5-8-9-13(4,7-3)12-10-11(6-2)14-15-12/h6,10H,2,5,7-9H2,1,3-4H3. The highest BCUT2D eigenvalue weighted by Gasteiger charge is 2.28. The van der Waals surface area contributed by atoms with Crippen molar-refractivity contribution in [3.05, 3.63) is 24.1 Å². The maximum Gasteiger partial charge on any atom is 0.143 e. The molecule has 0 aliphatic rings. The summed E-state index contributed by atoms with van der Waals surface area (Å²) in [6.07, 6.45) is 6.42. The summed E-state index contributed by atoms with van der Waals surface area (Å²) in [6.45, 7) is 10.4. The maximum absolute atomic E-state index is 5.39. The third-order valence-electron chi connectivity index (χ3n) is 3.19. The summed E-state index contributed by atoms with van der Waals surface area (Å²) in [5.74, 6) is 0.994. The third kappa shape index (κ3) is 2.71. The summed E-state index contributed by atoms with van der Waals surface area (Å²) in [5, 5.41) is 3.96. The first-order valence-electron chi connectivity index (χ1n) is 5.76. The Morgan fingerprint density at radius 1 is 1.53 bits per heavy atom. The molecule has 1 aromatic heterocycles. The van der Waals surface area contributed by atoms with Crippen LogP contribution in [-0.2, 0) is 5.41 Å². The van der Waals surface area contributed by atoms with E-state index in [2.05, 4.69) is 32.5 Å². The van der Waals surface area contributed by atoms with Gasteiger partial charge in [-0.3, -0.25) is 0 Å². The van der Waals surface area contributed by atoms with Crippen LogP contribution in [0.2, 0.25) is 0 Å². The van der Waals surface area contributed by atoms with Crippen molar-refractivity contribution in [1.82, 2.24) is 5.16 Å². The second kappa shape index (κ2) is 5.15. The Morgan fingerprint density at radius 2 is 2.27 bits per heavy atom. The summed E-state index contributed by atoms with van der Waals surface area (Å²) in [7, 11) is 0. The normalized spacial score (nSPS) is 14.9. The van der Waals surface area contributed by atoms with Crippen molar-refractivity contribution in [2.75, 3.05) is 0 Å². The van der Waals surface area contributed by atoms with Crippen molar-refractivity contribution >= 4 is 6.08 Å². The van der Waals surface area contributed by atoms with Crippen LogP contribution in [0.3, 0.4) is 0 Å². The van der Waals surface area contributed by atoms with E-state index in [1.165, 1.54) is 12.8 Å². The van der Waals surface area contributed by atoms with E-state index in [4.69, 9.17) is 4.52 Å². The second-order valence-corrected chi connectivity index (χ2v) is 4.34. The Morgan fingerprint density at radius 3 is 2.73 bits per heavy atom. The SMILES string of the molecule is C=Cc1cc(C(C)(CC)CCCC)on1. The smallest absolute Gasteiger partial charge is 0.143 e. The molecule has 1 unspecified atom stereocenters. The molecule has 0 saturated heterocycles. The Balaban J connectivity index is 2.84. The van der Waals surface area contributed by atoms with Crippen molar-refractivity contribution in [3.63, 3.8) is 0 Å². The van der Waals surface area contributed by atoms with Crippen molar-refractivity contribution in [2.24, 2.45) is 0 Å². The fraction of sp³-hybridized carbons (Fsp3) is 0.615. The molecule has 0 fully saturated rings. The van der Waals surface area contributed by atoms with Crippen LogP contribution in [0.1, 0.15) is 57.9 Å². The van der Waals surface area contributed by atoms with Gasteiger partial charge in [0, 0.05) is 11.5 Å². The van der Waals surface area contributed by atoms with Gasteiger partial charge in [-0.05, 0) is 18.9 Å². The average molecular weight is 207 g/mol. The van der Waals surface area contributed by atoms with Crippen LogP contribution in [0.15, 0.2) is 17.2 Å². The average Bonchev–Trinajstić information content (AvgIpc) is 2.75. The highest BCUT2D eigenvalue weighted by molar-refractivity contribution is 5.41. The van der Waals surface area contributed by atoms with Gasteiger partial charge in [-0.15, -0.1) is 0 Å². The molecule has 0 N–H and O–H groups in total. The topological polar surface area (TPSA) is 26.0 Å². The van der Waals surface area contributed by atoms with Crippen LogP contribution in [0.25, 0.3) is 6.08 Å². The number of hydrogen-bond acceptors (Lipinski definition) is 2. The van der Waals surface area contributed by atoms with Crippen LogP contribution in [-0.4, -0.2) is 5.16 Å². The summed E-state index contributed by atoms with van der Waals surface area (Å²) >= 11 is 0. The van der Waals surface area contributed by atoms with Gasteiger partial charge in [-0.2, -0.15) is 0 Å². The van der Waals surface area contributed by atoms with Gasteiger partial charge < -0.3 is 4.52 Å². The lowest BCUT2D eigenvalue weighted by Crippen LogP contribution is -2.19. The molecule has 2 heteroatoms. The summed E-state index contributed by atoms with van der Waals surface area (Å²) in [6, 6.07) is 2.01. The molecule has 0 radical (unpaired) electrons. The van der Waals surface area contributed by atoms with Gasteiger partial charge >= 0.3 is 0 Å². The van der Waals surface area contributed by atoms with E-state index < -0.39 is 0 Å². The maximum atomic E-state index is 5.39. The molecule has 0 spiro atoms. The van der Waals surface area contributed by atoms with Crippen LogP contribution in [0.5, 0.6) is 0 Å². The highest BCUT2D eigenvalue weighted by Crippen LogP contribution is 2.33. The summed E-state index contributed by atoms with van der Waals surface area (Å²) in [4.78, 5) is 0. The lowest BCUT2D eigenvalue weighted by atomic mass is 9.80. The lowest BCUT2D eigenvalue weighted by molar-refractivity contribution is 0.277. The van der Waals surface area contributed by atoms with Gasteiger partial charge in [-0.25, -0.2) is 0 Å². The molecule has 0 aromatic carbocycles. The first-order valence-corrected chi connectivity index (χ1v) is 5.76. The predicted molar refractivity (Wildman–Crippen MR) is 63.8 cm³/mol. The highest BCUT2D eigenvalue weighted by atomic mass is 16.5. The van der Waals surface area contributed by atoms with Crippen LogP contribution in [0, 0.1) is 0 Å². The molecule has 0 saturated carbocycles. The Kier molecular flexibility index (Phi) is 4.13. The van der Waals surface area contributed by atoms with Crippen LogP contribution in [0.4, 0.5) is 0 Å². The Labute approximate surface area is 92.4 Å². The molecule has 1 rings (SSSR count). The van der Waals surface area contributed by atoms with E-state index in [-0.39, 0.29) is 5.41 Å². The molecule has 2 nitrogen and oxygen atoms in total. The van der Waals surface area contributed by atoms with E-state index in [0.29, 0.717) is 0 Å². The van der Waals surface area contributed by atoms with E-state index in [1.807, 2.05) is 6.07 Å². The minimum atomic E-state index is 0.129. The molecular formula is C13H21NO. The third-order valence-corrected chi connectivity index (χ3v) is 3.19. The van der Waals surface area contributed by atoms with E-state index in [9.17, 15) is 0 Å². The molecule has 1 atom stereocenters. The van der Waals surface area contributed by atoms with Gasteiger partial charge in [0.15, 0.2) is 0 Å².